The van der Waals surface area contributed by atoms with Crippen LogP contribution >= 0.6 is 0 Å². The molecule has 1 heterocycles. The van der Waals surface area contributed by atoms with Crippen molar-refractivity contribution in [2.75, 3.05) is 0 Å². The topological polar surface area (TPSA) is 54.9 Å². The molecule has 0 radical (unpaired) electrons. The van der Waals surface area contributed by atoms with Crippen molar-refractivity contribution in [3.8, 4) is 0 Å². The second-order valence-electron chi connectivity index (χ2n) is 6.53. The number of rotatable bonds is 4. The van der Waals surface area contributed by atoms with Crippen LogP contribution in [0.5, 0.6) is 0 Å². The van der Waals surface area contributed by atoms with Crippen molar-refractivity contribution in [3.05, 3.63) is 59.7 Å². The van der Waals surface area contributed by atoms with Crippen LogP contribution in [0.1, 0.15) is 55.0 Å². The Kier molecular flexibility index (Phi) is 5.54. The molecular formula is C19H20F3N3O. The molecule has 1 aliphatic rings. The molecule has 3 rings (SSSR count). The average molecular weight is 363 g/mol. The van der Waals surface area contributed by atoms with Crippen LogP contribution in [0.25, 0.3) is 0 Å². The van der Waals surface area contributed by atoms with E-state index in [1.165, 1.54) is 30.7 Å². The highest BCUT2D eigenvalue weighted by Crippen LogP contribution is 2.31. The second kappa shape index (κ2) is 7.85. The van der Waals surface area contributed by atoms with Gasteiger partial charge in [0.1, 0.15) is 0 Å². The van der Waals surface area contributed by atoms with E-state index in [2.05, 4.69) is 15.3 Å². The molecule has 1 aromatic heterocycles. The Morgan fingerprint density at radius 1 is 1.08 bits per heavy atom. The Balaban J connectivity index is 1.85. The predicted molar refractivity (Wildman–Crippen MR) is 90.0 cm³/mol. The van der Waals surface area contributed by atoms with Gasteiger partial charge in [-0.25, -0.2) is 0 Å². The molecule has 0 aliphatic heterocycles. The van der Waals surface area contributed by atoms with Gasteiger partial charge in [0, 0.05) is 18.3 Å². The lowest BCUT2D eigenvalue weighted by atomic mass is 9.88. The predicted octanol–water partition coefficient (Wildman–Crippen LogP) is 4.28. The molecular weight excluding hydrogens is 343 g/mol. The Morgan fingerprint density at radius 2 is 1.77 bits per heavy atom. The summed E-state index contributed by atoms with van der Waals surface area (Å²) in [6, 6.07) is 4.17. The maximum atomic E-state index is 12.8. The fourth-order valence-electron chi connectivity index (χ4n) is 3.28. The zero-order valence-corrected chi connectivity index (χ0v) is 14.2. The first kappa shape index (κ1) is 18.4. The maximum absolute atomic E-state index is 12.8. The van der Waals surface area contributed by atoms with Gasteiger partial charge in [0.15, 0.2) is 0 Å². The Hall–Kier alpha value is -2.44. The number of halogens is 3. The summed E-state index contributed by atoms with van der Waals surface area (Å²) >= 11 is 0. The number of benzene rings is 1. The first-order valence-corrected chi connectivity index (χ1v) is 8.68. The van der Waals surface area contributed by atoms with E-state index in [-0.39, 0.29) is 11.8 Å². The first-order valence-electron chi connectivity index (χ1n) is 8.68. The van der Waals surface area contributed by atoms with E-state index >= 15 is 0 Å². The summed E-state index contributed by atoms with van der Waals surface area (Å²) in [5.41, 5.74) is 0.317. The van der Waals surface area contributed by atoms with Crippen molar-refractivity contribution >= 4 is 5.91 Å². The van der Waals surface area contributed by atoms with Gasteiger partial charge in [-0.1, -0.05) is 31.4 Å². The summed E-state index contributed by atoms with van der Waals surface area (Å²) in [6.07, 6.45) is 4.99. The average Bonchev–Trinajstić information content (AvgIpc) is 2.67. The summed E-state index contributed by atoms with van der Waals surface area (Å²) in [6.45, 7) is 0. The number of carbonyl (C=O) groups excluding carboxylic acids is 1. The number of aromatic nitrogens is 2. The molecule has 1 unspecified atom stereocenters. The van der Waals surface area contributed by atoms with E-state index in [0.717, 1.165) is 44.2 Å². The van der Waals surface area contributed by atoms with Crippen LogP contribution in [0.15, 0.2) is 42.9 Å². The monoisotopic (exact) mass is 363 g/mol. The maximum Gasteiger partial charge on any atom is 0.416 e. The van der Waals surface area contributed by atoms with Gasteiger partial charge in [0.05, 0.1) is 23.5 Å². The second-order valence-corrected chi connectivity index (χ2v) is 6.53. The van der Waals surface area contributed by atoms with Crippen LogP contribution in [0.3, 0.4) is 0 Å². The van der Waals surface area contributed by atoms with Crippen molar-refractivity contribution in [1.29, 1.82) is 0 Å². The number of alkyl halides is 3. The summed E-state index contributed by atoms with van der Waals surface area (Å²) in [4.78, 5) is 20.9. The standard InChI is InChI=1S/C19H20F3N3O/c20-19(21,22)15-8-6-13(7-9-15)17(16-12-23-10-11-24-16)25-18(26)14-4-2-1-3-5-14/h6-12,14,17H,1-5H2,(H,25,26). The van der Waals surface area contributed by atoms with E-state index in [0.29, 0.717) is 11.3 Å². The van der Waals surface area contributed by atoms with Gasteiger partial charge in [-0.05, 0) is 30.5 Å². The van der Waals surface area contributed by atoms with Crippen LogP contribution in [-0.4, -0.2) is 15.9 Å². The van der Waals surface area contributed by atoms with E-state index in [1.807, 2.05) is 0 Å². The summed E-state index contributed by atoms with van der Waals surface area (Å²) in [7, 11) is 0. The Labute approximate surface area is 149 Å². The number of hydrogen-bond donors (Lipinski definition) is 1. The minimum absolute atomic E-state index is 0.0580. The number of nitrogens with zero attached hydrogens (tertiary/aromatic N) is 2. The SMILES string of the molecule is O=C(NC(c1ccc(C(F)(F)F)cc1)c1cnccn1)C1CCCCC1. The number of nitrogens with one attached hydrogen (secondary N) is 1. The molecule has 1 amide bonds. The summed E-state index contributed by atoms with van der Waals surface area (Å²) < 4.78 is 38.4. The van der Waals surface area contributed by atoms with Crippen LogP contribution in [0.4, 0.5) is 13.2 Å². The number of hydrogen-bond acceptors (Lipinski definition) is 3. The van der Waals surface area contributed by atoms with Crippen LogP contribution in [0, 0.1) is 5.92 Å². The smallest absolute Gasteiger partial charge is 0.343 e. The summed E-state index contributed by atoms with van der Waals surface area (Å²) in [5, 5.41) is 2.95. The van der Waals surface area contributed by atoms with E-state index in [1.54, 1.807) is 0 Å². The van der Waals surface area contributed by atoms with Gasteiger partial charge in [-0.2, -0.15) is 13.2 Å². The highest BCUT2D eigenvalue weighted by molar-refractivity contribution is 5.79. The molecule has 1 aliphatic carbocycles. The molecule has 0 spiro atoms. The lowest BCUT2D eigenvalue weighted by Gasteiger charge is -2.25. The minimum Gasteiger partial charge on any atom is -0.343 e. The summed E-state index contributed by atoms with van der Waals surface area (Å²) in [5.74, 6) is -0.141. The van der Waals surface area contributed by atoms with Crippen molar-refractivity contribution in [3.63, 3.8) is 0 Å². The highest BCUT2D eigenvalue weighted by atomic mass is 19.4. The van der Waals surface area contributed by atoms with Crippen molar-refractivity contribution in [1.82, 2.24) is 15.3 Å². The number of amides is 1. The van der Waals surface area contributed by atoms with Crippen LogP contribution < -0.4 is 5.32 Å². The quantitative estimate of drug-likeness (QED) is 0.882. The Morgan fingerprint density at radius 3 is 2.35 bits per heavy atom. The molecule has 138 valence electrons. The fraction of sp³-hybridized carbons (Fsp3) is 0.421. The normalized spacial score (nSPS) is 16.9. The minimum atomic E-state index is -4.40. The van der Waals surface area contributed by atoms with Gasteiger partial charge in [0.25, 0.3) is 0 Å². The lowest BCUT2D eigenvalue weighted by molar-refractivity contribution is -0.137. The molecule has 0 saturated heterocycles. The molecule has 1 fully saturated rings. The largest absolute Gasteiger partial charge is 0.416 e. The van der Waals surface area contributed by atoms with E-state index in [9.17, 15) is 18.0 Å². The zero-order chi connectivity index (χ0) is 18.6. The lowest BCUT2D eigenvalue weighted by Crippen LogP contribution is -2.35. The molecule has 1 saturated carbocycles. The molecule has 1 aromatic carbocycles. The highest BCUT2D eigenvalue weighted by Gasteiger charge is 2.31. The molecule has 0 bridgehead atoms. The van der Waals surface area contributed by atoms with Crippen molar-refractivity contribution in [2.24, 2.45) is 5.92 Å². The van der Waals surface area contributed by atoms with Crippen LogP contribution in [-0.2, 0) is 11.0 Å². The molecule has 1 N–H and O–H groups in total. The van der Waals surface area contributed by atoms with Gasteiger partial charge in [-0.15, -0.1) is 0 Å². The molecule has 26 heavy (non-hydrogen) atoms. The van der Waals surface area contributed by atoms with Crippen molar-refractivity contribution in [2.45, 2.75) is 44.3 Å². The number of carbonyl (C=O) groups is 1. The van der Waals surface area contributed by atoms with E-state index in [4.69, 9.17) is 0 Å². The third-order valence-electron chi connectivity index (χ3n) is 4.71. The van der Waals surface area contributed by atoms with Crippen LogP contribution in [0.2, 0.25) is 0 Å². The van der Waals surface area contributed by atoms with Gasteiger partial charge in [0.2, 0.25) is 5.91 Å². The Bertz CT molecular complexity index is 726. The van der Waals surface area contributed by atoms with Crippen molar-refractivity contribution < 1.29 is 18.0 Å². The third kappa shape index (κ3) is 4.39. The molecule has 4 nitrogen and oxygen atoms in total. The van der Waals surface area contributed by atoms with Gasteiger partial charge < -0.3 is 5.32 Å². The van der Waals surface area contributed by atoms with Gasteiger partial charge >= 0.3 is 6.18 Å². The molecule has 7 heteroatoms. The fourth-order valence-corrected chi connectivity index (χ4v) is 3.28. The molecule has 1 atom stereocenters. The van der Waals surface area contributed by atoms with Gasteiger partial charge in [-0.3, -0.25) is 14.8 Å². The first-order chi connectivity index (χ1) is 12.4. The molecule has 2 aromatic rings. The third-order valence-corrected chi connectivity index (χ3v) is 4.71. The van der Waals surface area contributed by atoms with E-state index < -0.39 is 17.8 Å². The zero-order valence-electron chi connectivity index (χ0n) is 14.2.